The maximum Gasteiger partial charge on any atom is 0.254 e. The van der Waals surface area contributed by atoms with E-state index < -0.39 is 23.2 Å². The Morgan fingerprint density at radius 3 is 2.94 bits per heavy atom. The second kappa shape index (κ2) is 6.87. The summed E-state index contributed by atoms with van der Waals surface area (Å²) in [6, 6.07) is 1.09. The number of aliphatic hydroxyl groups excluding tert-OH is 1. The van der Waals surface area contributed by atoms with Crippen molar-refractivity contribution in [1.82, 2.24) is 10.3 Å². The van der Waals surface area contributed by atoms with Gasteiger partial charge in [-0.3, -0.25) is 4.79 Å². The zero-order valence-electron chi connectivity index (χ0n) is 8.95. The van der Waals surface area contributed by atoms with Crippen molar-refractivity contribution in [1.29, 1.82) is 0 Å². The van der Waals surface area contributed by atoms with Gasteiger partial charge in [-0.25, -0.2) is 9.37 Å². The van der Waals surface area contributed by atoms with Crippen LogP contribution in [0.1, 0.15) is 10.4 Å². The van der Waals surface area contributed by atoms with Gasteiger partial charge in [-0.1, -0.05) is 0 Å². The molecule has 0 aliphatic carbocycles. The standard InChI is InChI=1S/C10H12F2N2O3/c11-8-7(1-2-13-9(8)12)10(16)14-3-5-17-6-4-15/h1-2,15H,3-6H2,(H,14,16). The van der Waals surface area contributed by atoms with Crippen molar-refractivity contribution >= 4 is 5.91 Å². The fourth-order valence-electron chi connectivity index (χ4n) is 1.09. The van der Waals surface area contributed by atoms with Crippen LogP contribution in [0.4, 0.5) is 8.78 Å². The predicted octanol–water partition coefficient (Wildman–Crippen LogP) is 0.0985. The molecule has 0 radical (unpaired) electrons. The monoisotopic (exact) mass is 246 g/mol. The van der Waals surface area contributed by atoms with Gasteiger partial charge >= 0.3 is 0 Å². The van der Waals surface area contributed by atoms with Crippen molar-refractivity contribution in [2.45, 2.75) is 0 Å². The molecule has 17 heavy (non-hydrogen) atoms. The van der Waals surface area contributed by atoms with E-state index in [0.29, 0.717) is 0 Å². The van der Waals surface area contributed by atoms with Crippen molar-refractivity contribution in [2.24, 2.45) is 0 Å². The van der Waals surface area contributed by atoms with Crippen LogP contribution in [0.5, 0.6) is 0 Å². The van der Waals surface area contributed by atoms with Crippen LogP contribution in [-0.2, 0) is 4.74 Å². The molecule has 0 unspecified atom stereocenters. The second-order valence-electron chi connectivity index (χ2n) is 3.06. The van der Waals surface area contributed by atoms with Gasteiger partial charge in [-0.2, -0.15) is 4.39 Å². The zero-order valence-corrected chi connectivity index (χ0v) is 8.95. The first-order valence-corrected chi connectivity index (χ1v) is 4.93. The lowest BCUT2D eigenvalue weighted by Crippen LogP contribution is -2.28. The van der Waals surface area contributed by atoms with Gasteiger partial charge in [0.2, 0.25) is 5.95 Å². The summed E-state index contributed by atoms with van der Waals surface area (Å²) in [5.74, 6) is -3.33. The van der Waals surface area contributed by atoms with E-state index in [4.69, 9.17) is 9.84 Å². The molecule has 0 saturated heterocycles. The van der Waals surface area contributed by atoms with Gasteiger partial charge < -0.3 is 15.2 Å². The minimum Gasteiger partial charge on any atom is -0.394 e. The number of halogens is 2. The molecule has 94 valence electrons. The Morgan fingerprint density at radius 2 is 2.24 bits per heavy atom. The van der Waals surface area contributed by atoms with E-state index in [1.807, 2.05) is 0 Å². The Balaban J connectivity index is 2.44. The Hall–Kier alpha value is -1.60. The number of nitrogens with zero attached hydrogens (tertiary/aromatic N) is 1. The van der Waals surface area contributed by atoms with Gasteiger partial charge in [0.15, 0.2) is 5.82 Å². The highest BCUT2D eigenvalue weighted by atomic mass is 19.2. The molecule has 1 aromatic heterocycles. The van der Waals surface area contributed by atoms with Gasteiger partial charge in [0.05, 0.1) is 25.4 Å². The first kappa shape index (κ1) is 13.5. The molecule has 0 spiro atoms. The minimum absolute atomic E-state index is 0.113. The van der Waals surface area contributed by atoms with Crippen LogP contribution >= 0.6 is 0 Å². The highest BCUT2D eigenvalue weighted by Crippen LogP contribution is 2.08. The van der Waals surface area contributed by atoms with Crippen molar-refractivity contribution < 1.29 is 23.4 Å². The summed E-state index contributed by atoms with van der Waals surface area (Å²) in [6.45, 7) is 0.371. The maximum absolute atomic E-state index is 13.1. The number of ether oxygens (including phenoxy) is 1. The molecule has 0 atom stereocenters. The first-order chi connectivity index (χ1) is 8.16. The number of pyridine rings is 1. The molecule has 1 rings (SSSR count). The third kappa shape index (κ3) is 4.04. The molecule has 0 saturated carbocycles. The fraction of sp³-hybridized carbons (Fsp3) is 0.400. The van der Waals surface area contributed by atoms with Crippen molar-refractivity contribution in [2.75, 3.05) is 26.4 Å². The molecule has 5 nitrogen and oxygen atoms in total. The summed E-state index contributed by atoms with van der Waals surface area (Å²) >= 11 is 0. The van der Waals surface area contributed by atoms with E-state index in [1.54, 1.807) is 0 Å². The fourth-order valence-corrected chi connectivity index (χ4v) is 1.09. The van der Waals surface area contributed by atoms with Crippen molar-refractivity contribution in [3.05, 3.63) is 29.6 Å². The molecule has 0 bridgehead atoms. The smallest absolute Gasteiger partial charge is 0.254 e. The molecule has 0 aromatic carbocycles. The largest absolute Gasteiger partial charge is 0.394 e. The van der Waals surface area contributed by atoms with Gasteiger partial charge in [0.1, 0.15) is 0 Å². The lowest BCUT2D eigenvalue weighted by molar-refractivity contribution is 0.0835. The number of aliphatic hydroxyl groups is 1. The van der Waals surface area contributed by atoms with Crippen LogP contribution in [0.25, 0.3) is 0 Å². The molecular weight excluding hydrogens is 234 g/mol. The van der Waals surface area contributed by atoms with Crippen LogP contribution in [-0.4, -0.2) is 42.4 Å². The van der Waals surface area contributed by atoms with Crippen molar-refractivity contribution in [3.63, 3.8) is 0 Å². The molecule has 0 fully saturated rings. The van der Waals surface area contributed by atoms with Gasteiger partial charge in [-0.05, 0) is 6.07 Å². The lowest BCUT2D eigenvalue weighted by Gasteiger charge is -2.06. The number of amides is 1. The van der Waals surface area contributed by atoms with E-state index in [1.165, 1.54) is 0 Å². The Labute approximate surface area is 96.4 Å². The van der Waals surface area contributed by atoms with E-state index in [0.717, 1.165) is 12.3 Å². The van der Waals surface area contributed by atoms with E-state index in [9.17, 15) is 13.6 Å². The first-order valence-electron chi connectivity index (χ1n) is 4.93. The highest BCUT2D eigenvalue weighted by molar-refractivity contribution is 5.94. The topological polar surface area (TPSA) is 71.5 Å². The second-order valence-corrected chi connectivity index (χ2v) is 3.06. The average molecular weight is 246 g/mol. The van der Waals surface area contributed by atoms with Crippen molar-refractivity contribution in [3.8, 4) is 0 Å². The van der Waals surface area contributed by atoms with Gasteiger partial charge in [0, 0.05) is 12.7 Å². The molecule has 7 heteroatoms. The normalized spacial score (nSPS) is 10.3. The number of nitrogens with one attached hydrogen (secondary N) is 1. The van der Waals surface area contributed by atoms with Crippen LogP contribution in [0.3, 0.4) is 0 Å². The maximum atomic E-state index is 13.1. The third-order valence-corrected chi connectivity index (χ3v) is 1.86. The number of rotatable bonds is 6. The summed E-state index contributed by atoms with van der Waals surface area (Å²) in [5, 5.41) is 10.8. The molecule has 1 heterocycles. The molecule has 1 amide bonds. The summed E-state index contributed by atoms with van der Waals surface area (Å²) in [4.78, 5) is 14.5. The number of hydrogen-bond donors (Lipinski definition) is 2. The summed E-state index contributed by atoms with van der Waals surface area (Å²) < 4.78 is 30.7. The minimum atomic E-state index is -1.31. The van der Waals surface area contributed by atoms with E-state index in [2.05, 4.69) is 10.3 Å². The van der Waals surface area contributed by atoms with E-state index in [-0.39, 0.29) is 26.4 Å². The summed E-state index contributed by atoms with van der Waals surface area (Å²) in [7, 11) is 0. The number of hydrogen-bond acceptors (Lipinski definition) is 4. The molecule has 1 aromatic rings. The predicted molar refractivity (Wildman–Crippen MR) is 54.4 cm³/mol. The zero-order chi connectivity index (χ0) is 12.7. The highest BCUT2D eigenvalue weighted by Gasteiger charge is 2.15. The lowest BCUT2D eigenvalue weighted by atomic mass is 10.2. The van der Waals surface area contributed by atoms with Crippen LogP contribution in [0, 0.1) is 11.8 Å². The van der Waals surface area contributed by atoms with E-state index >= 15 is 0 Å². The molecule has 0 aliphatic heterocycles. The summed E-state index contributed by atoms with van der Waals surface area (Å²) in [5.41, 5.74) is -0.403. The van der Waals surface area contributed by atoms with Gasteiger partial charge in [0.25, 0.3) is 5.91 Å². The van der Waals surface area contributed by atoms with Crippen LogP contribution in [0.15, 0.2) is 12.3 Å². The summed E-state index contributed by atoms with van der Waals surface area (Å²) in [6.07, 6.45) is 1.01. The molecule has 2 N–H and O–H groups in total. The Morgan fingerprint density at radius 1 is 1.47 bits per heavy atom. The molecular formula is C10H12F2N2O3. The third-order valence-electron chi connectivity index (χ3n) is 1.86. The number of aromatic nitrogens is 1. The van der Waals surface area contributed by atoms with Crippen LogP contribution < -0.4 is 5.32 Å². The van der Waals surface area contributed by atoms with Gasteiger partial charge in [-0.15, -0.1) is 0 Å². The number of carbonyl (C=O) groups is 1. The van der Waals surface area contributed by atoms with Crippen LogP contribution in [0.2, 0.25) is 0 Å². The average Bonchev–Trinajstić information content (AvgIpc) is 2.32. The Kier molecular flexibility index (Phi) is 5.44. The SMILES string of the molecule is O=C(NCCOCCO)c1ccnc(F)c1F. The molecule has 0 aliphatic rings. The number of carbonyl (C=O) groups excluding carboxylic acids is 1. The Bertz CT molecular complexity index is 388. The quantitative estimate of drug-likeness (QED) is 0.551.